The molecule has 5 aliphatic carbocycles. The molecule has 1 N–H and O–H groups in total. The number of rotatable bonds is 1. The van der Waals surface area contributed by atoms with Gasteiger partial charge < -0.3 is 10.0 Å². The Balaban J connectivity index is 1.42. The molecule has 0 radical (unpaired) electrons. The highest BCUT2D eigenvalue weighted by atomic mass is 16.3. The molecule has 6 aliphatic rings. The number of carbonyl (C=O) groups excluding carboxylic acids is 2. The Hall–Kier alpha value is -2.10. The first-order valence-electron chi connectivity index (χ1n) is 14.7. The molecule has 0 aromatic rings. The number of aliphatic hydroxyl groups is 1. The Kier molecular flexibility index (Phi) is 5.26. The summed E-state index contributed by atoms with van der Waals surface area (Å²) in [5.74, 6) is 0.527. The van der Waals surface area contributed by atoms with Crippen molar-refractivity contribution in [1.29, 1.82) is 0 Å². The molecule has 3 saturated carbocycles. The minimum Gasteiger partial charge on any atom is -0.504 e. The smallest absolute Gasteiger partial charge is 0.228 e. The lowest BCUT2D eigenvalue weighted by Gasteiger charge is -2.70. The van der Waals surface area contributed by atoms with Gasteiger partial charge in [0.1, 0.15) is 0 Å². The first-order chi connectivity index (χ1) is 17.3. The van der Waals surface area contributed by atoms with Crippen molar-refractivity contribution in [2.24, 2.45) is 33.0 Å². The Bertz CT molecular complexity index is 1210. The topological polar surface area (TPSA) is 57.6 Å². The van der Waals surface area contributed by atoms with Crippen molar-refractivity contribution in [3.63, 3.8) is 0 Å². The highest BCUT2D eigenvalue weighted by Crippen LogP contribution is 2.75. The van der Waals surface area contributed by atoms with Crippen molar-refractivity contribution in [2.45, 2.75) is 99.3 Å². The molecule has 4 fully saturated rings. The maximum Gasteiger partial charge on any atom is 0.228 e. The zero-order valence-corrected chi connectivity index (χ0v) is 23.8. The Morgan fingerprint density at radius 3 is 2.32 bits per heavy atom. The SMILES string of the molecule is CC1=C(O)C(=O)C=C2C1=CC=C1[C@@]2(C)CC[C@@]2(C)C3C[C@](C)(C(=O)N4CCCC4)CC[C@]3(C)CC[C@]12C. The number of aliphatic hydroxyl groups excluding tert-OH is 1. The van der Waals surface area contributed by atoms with E-state index in [9.17, 15) is 14.7 Å². The minimum atomic E-state index is -0.262. The van der Waals surface area contributed by atoms with Crippen molar-refractivity contribution in [3.05, 3.63) is 46.3 Å². The quantitative estimate of drug-likeness (QED) is 0.410. The molecule has 4 heteroatoms. The third kappa shape index (κ3) is 3.13. The van der Waals surface area contributed by atoms with Crippen molar-refractivity contribution in [2.75, 3.05) is 13.1 Å². The fraction of sp³-hybridized carbons (Fsp3) is 0.697. The van der Waals surface area contributed by atoms with E-state index < -0.39 is 0 Å². The molecule has 6 atom stereocenters. The van der Waals surface area contributed by atoms with Crippen LogP contribution in [-0.4, -0.2) is 34.8 Å². The van der Waals surface area contributed by atoms with Crippen LogP contribution in [0.3, 0.4) is 0 Å². The summed E-state index contributed by atoms with van der Waals surface area (Å²) in [6, 6.07) is 0. The molecule has 0 aromatic carbocycles. The van der Waals surface area contributed by atoms with Gasteiger partial charge in [-0.2, -0.15) is 0 Å². The van der Waals surface area contributed by atoms with Gasteiger partial charge in [-0.25, -0.2) is 0 Å². The van der Waals surface area contributed by atoms with E-state index in [-0.39, 0.29) is 38.6 Å². The summed E-state index contributed by atoms with van der Waals surface area (Å²) in [6.45, 7) is 15.9. The molecule has 37 heavy (non-hydrogen) atoms. The molecular formula is C33H45NO3. The normalized spacial score (nSPS) is 45.2. The first kappa shape index (κ1) is 25.2. The van der Waals surface area contributed by atoms with Gasteiger partial charge in [-0.3, -0.25) is 9.59 Å². The number of allylic oxidation sites excluding steroid dienone is 7. The van der Waals surface area contributed by atoms with Crippen LogP contribution in [0, 0.1) is 33.0 Å². The molecule has 1 heterocycles. The van der Waals surface area contributed by atoms with Gasteiger partial charge in [-0.15, -0.1) is 0 Å². The van der Waals surface area contributed by atoms with Gasteiger partial charge in [0.25, 0.3) is 0 Å². The molecule has 0 spiro atoms. The average molecular weight is 504 g/mol. The van der Waals surface area contributed by atoms with Gasteiger partial charge in [-0.1, -0.05) is 52.3 Å². The second kappa shape index (κ2) is 7.73. The van der Waals surface area contributed by atoms with Gasteiger partial charge in [0.05, 0.1) is 0 Å². The maximum absolute atomic E-state index is 13.8. The number of carbonyl (C=O) groups is 2. The van der Waals surface area contributed by atoms with E-state index in [2.05, 4.69) is 51.7 Å². The number of hydrogen-bond donors (Lipinski definition) is 1. The van der Waals surface area contributed by atoms with Gasteiger partial charge in [0, 0.05) is 29.5 Å². The number of amides is 1. The lowest BCUT2D eigenvalue weighted by Crippen LogP contribution is -2.62. The molecule has 6 rings (SSSR count). The van der Waals surface area contributed by atoms with E-state index in [0.29, 0.717) is 17.4 Å². The average Bonchev–Trinajstić information content (AvgIpc) is 3.40. The molecule has 0 bridgehead atoms. The summed E-state index contributed by atoms with van der Waals surface area (Å²) < 4.78 is 0. The second-order valence-electron chi connectivity index (χ2n) is 14.6. The third-order valence-electron chi connectivity index (χ3n) is 12.8. The van der Waals surface area contributed by atoms with Crippen molar-refractivity contribution < 1.29 is 14.7 Å². The van der Waals surface area contributed by atoms with E-state index in [1.54, 1.807) is 6.08 Å². The van der Waals surface area contributed by atoms with Crippen LogP contribution in [-0.2, 0) is 9.59 Å². The predicted molar refractivity (Wildman–Crippen MR) is 147 cm³/mol. The van der Waals surface area contributed by atoms with E-state index in [1.807, 2.05) is 6.92 Å². The highest BCUT2D eigenvalue weighted by molar-refractivity contribution is 6.06. The zero-order valence-electron chi connectivity index (χ0n) is 23.8. The van der Waals surface area contributed by atoms with Crippen LogP contribution >= 0.6 is 0 Å². The van der Waals surface area contributed by atoms with E-state index in [0.717, 1.165) is 75.6 Å². The van der Waals surface area contributed by atoms with Gasteiger partial charge in [0.2, 0.25) is 11.7 Å². The summed E-state index contributed by atoms with van der Waals surface area (Å²) >= 11 is 0. The maximum atomic E-state index is 13.8. The molecule has 1 saturated heterocycles. The van der Waals surface area contributed by atoms with E-state index in [1.165, 1.54) is 12.0 Å². The Morgan fingerprint density at radius 1 is 0.946 bits per heavy atom. The number of fused-ring (bicyclic) bond motifs is 7. The Morgan fingerprint density at radius 2 is 1.62 bits per heavy atom. The Labute approximate surface area is 223 Å². The predicted octanol–water partition coefficient (Wildman–Crippen LogP) is 7.24. The fourth-order valence-corrected chi connectivity index (χ4v) is 9.95. The summed E-state index contributed by atoms with van der Waals surface area (Å²) in [5.41, 5.74) is 4.20. The number of ketones is 1. The van der Waals surface area contributed by atoms with Gasteiger partial charge >= 0.3 is 0 Å². The molecule has 1 amide bonds. The van der Waals surface area contributed by atoms with Crippen LogP contribution < -0.4 is 0 Å². The third-order valence-corrected chi connectivity index (χ3v) is 12.8. The zero-order chi connectivity index (χ0) is 26.6. The van der Waals surface area contributed by atoms with Crippen LogP contribution in [0.25, 0.3) is 0 Å². The summed E-state index contributed by atoms with van der Waals surface area (Å²) in [5, 5.41) is 10.4. The first-order valence-corrected chi connectivity index (χ1v) is 14.7. The second-order valence-corrected chi connectivity index (χ2v) is 14.6. The van der Waals surface area contributed by atoms with Crippen LogP contribution in [0.2, 0.25) is 0 Å². The van der Waals surface area contributed by atoms with Crippen LogP contribution in [0.4, 0.5) is 0 Å². The largest absolute Gasteiger partial charge is 0.504 e. The van der Waals surface area contributed by atoms with E-state index in [4.69, 9.17) is 0 Å². The lowest BCUT2D eigenvalue weighted by atomic mass is 9.34. The van der Waals surface area contributed by atoms with Gasteiger partial charge in [-0.05, 0) is 104 Å². The van der Waals surface area contributed by atoms with Crippen molar-refractivity contribution in [1.82, 2.24) is 4.90 Å². The van der Waals surface area contributed by atoms with Crippen LogP contribution in [0.1, 0.15) is 99.3 Å². The minimum absolute atomic E-state index is 0.00213. The van der Waals surface area contributed by atoms with Crippen LogP contribution in [0.5, 0.6) is 0 Å². The van der Waals surface area contributed by atoms with Gasteiger partial charge in [0.15, 0.2) is 5.76 Å². The summed E-state index contributed by atoms with van der Waals surface area (Å²) in [6.07, 6.45) is 16.1. The summed E-state index contributed by atoms with van der Waals surface area (Å²) in [7, 11) is 0. The molecule has 0 aromatic heterocycles. The number of nitrogens with zero attached hydrogens (tertiary/aromatic N) is 1. The number of likely N-dealkylation sites (tertiary alicyclic amines) is 1. The molecule has 1 unspecified atom stereocenters. The lowest BCUT2D eigenvalue weighted by molar-refractivity contribution is -0.174. The monoisotopic (exact) mass is 503 g/mol. The fourth-order valence-electron chi connectivity index (χ4n) is 9.95. The standard InChI is InChI=1S/C33H45NO3/c1-21-22-9-10-25-31(4,23(22)19-24(35)27(21)36)14-16-33(6)26-20-30(3,28(37)34-17-7-8-18-34)12-11-29(26,2)13-15-32(25,33)5/h9-10,19,26,36H,7-8,11-18,20H2,1-6H3/t26?,29-,30-,31+,32-,33+/m1/s1. The van der Waals surface area contributed by atoms with E-state index >= 15 is 0 Å². The highest BCUT2D eigenvalue weighted by Gasteiger charge is 2.67. The molecule has 1 aliphatic heterocycles. The van der Waals surface area contributed by atoms with Crippen LogP contribution in [0.15, 0.2) is 46.3 Å². The van der Waals surface area contributed by atoms with Crippen molar-refractivity contribution >= 4 is 11.7 Å². The number of hydrogen-bond acceptors (Lipinski definition) is 3. The van der Waals surface area contributed by atoms with Crippen molar-refractivity contribution in [3.8, 4) is 0 Å². The molecule has 200 valence electrons. The molecular weight excluding hydrogens is 458 g/mol. The molecule has 4 nitrogen and oxygen atoms in total. The summed E-state index contributed by atoms with van der Waals surface area (Å²) in [4.78, 5) is 28.7.